The van der Waals surface area contributed by atoms with Crippen LogP contribution in [0, 0.1) is 5.92 Å². The first-order chi connectivity index (χ1) is 11.4. The molecule has 1 aliphatic heterocycles. The maximum Gasteiger partial charge on any atom is 0.322 e. The van der Waals surface area contributed by atoms with E-state index in [1.807, 2.05) is 4.90 Å². The van der Waals surface area contributed by atoms with E-state index < -0.39 is 0 Å². The molecule has 2 rings (SSSR count). The molecular weight excluding hydrogens is 330 g/mol. The lowest BCUT2D eigenvalue weighted by molar-refractivity contribution is 0.138. The number of nitrogens with zero attached hydrogens (tertiary/aromatic N) is 2. The van der Waals surface area contributed by atoms with E-state index in [1.165, 1.54) is 7.11 Å². The highest BCUT2D eigenvalue weighted by Crippen LogP contribution is 2.36. The summed E-state index contributed by atoms with van der Waals surface area (Å²) in [5.74, 6) is 1.66. The minimum Gasteiger partial charge on any atom is -0.495 e. The minimum absolute atomic E-state index is 0.140. The Labute approximate surface area is 148 Å². The molecule has 1 aromatic rings. The number of carbonyl (C=O) groups is 1. The highest BCUT2D eigenvalue weighted by Gasteiger charge is 2.22. The van der Waals surface area contributed by atoms with Crippen LogP contribution < -0.4 is 14.8 Å². The second-order valence-corrected chi connectivity index (χ2v) is 6.71. The molecule has 24 heavy (non-hydrogen) atoms. The number of methoxy groups -OCH3 is 2. The number of benzene rings is 1. The quantitative estimate of drug-likeness (QED) is 0.881. The molecular formula is C17H26ClN3O3. The van der Waals surface area contributed by atoms with Crippen molar-refractivity contribution in [2.24, 2.45) is 5.92 Å². The first-order valence-corrected chi connectivity index (χ1v) is 8.52. The van der Waals surface area contributed by atoms with Crippen LogP contribution in [0.15, 0.2) is 12.1 Å². The van der Waals surface area contributed by atoms with Gasteiger partial charge < -0.3 is 19.7 Å². The smallest absolute Gasteiger partial charge is 0.322 e. The van der Waals surface area contributed by atoms with Crippen molar-refractivity contribution < 1.29 is 14.3 Å². The highest BCUT2D eigenvalue weighted by molar-refractivity contribution is 6.32. The predicted molar refractivity (Wildman–Crippen MR) is 96.4 cm³/mol. The van der Waals surface area contributed by atoms with Crippen LogP contribution in [-0.4, -0.2) is 62.8 Å². The Bertz CT molecular complexity index is 572. The summed E-state index contributed by atoms with van der Waals surface area (Å²) in [6, 6.07) is 3.17. The Hall–Kier alpha value is -1.66. The number of hydrogen-bond donors (Lipinski definition) is 1. The fourth-order valence-electron chi connectivity index (χ4n) is 2.80. The summed E-state index contributed by atoms with van der Waals surface area (Å²) in [5, 5.41) is 3.31. The molecule has 1 aliphatic rings. The molecule has 134 valence electrons. The third kappa shape index (κ3) is 4.68. The maximum atomic E-state index is 12.5. The number of ether oxygens (including phenoxy) is 2. The van der Waals surface area contributed by atoms with Crippen LogP contribution in [0.25, 0.3) is 0 Å². The summed E-state index contributed by atoms with van der Waals surface area (Å²) >= 11 is 6.14. The van der Waals surface area contributed by atoms with E-state index in [4.69, 9.17) is 21.1 Å². The van der Waals surface area contributed by atoms with Crippen molar-refractivity contribution in [1.82, 2.24) is 9.80 Å². The fourth-order valence-corrected chi connectivity index (χ4v) is 3.04. The summed E-state index contributed by atoms with van der Waals surface area (Å²) < 4.78 is 10.5. The zero-order valence-corrected chi connectivity index (χ0v) is 15.5. The van der Waals surface area contributed by atoms with Crippen LogP contribution in [0.3, 0.4) is 0 Å². The van der Waals surface area contributed by atoms with Gasteiger partial charge in [0.05, 0.1) is 24.9 Å². The van der Waals surface area contributed by atoms with Crippen molar-refractivity contribution in [3.8, 4) is 11.5 Å². The maximum absolute atomic E-state index is 12.5. The van der Waals surface area contributed by atoms with Gasteiger partial charge in [-0.05, 0) is 12.0 Å². The summed E-state index contributed by atoms with van der Waals surface area (Å²) in [5.41, 5.74) is 0.540. The number of urea groups is 1. The second-order valence-electron chi connectivity index (χ2n) is 6.30. The zero-order valence-electron chi connectivity index (χ0n) is 14.8. The molecule has 0 radical (unpaired) electrons. The number of rotatable bonds is 5. The molecule has 1 fully saturated rings. The van der Waals surface area contributed by atoms with Crippen molar-refractivity contribution in [3.63, 3.8) is 0 Å². The Morgan fingerprint density at radius 2 is 1.79 bits per heavy atom. The molecule has 0 aliphatic carbocycles. The lowest BCUT2D eigenvalue weighted by Crippen LogP contribution is -2.50. The molecule has 2 amide bonds. The Morgan fingerprint density at radius 3 is 2.33 bits per heavy atom. The standard InChI is InChI=1S/C17H26ClN3O3/c1-12(2)11-20-5-7-21(8-6-20)17(22)19-14-9-13(18)15(23-3)10-16(14)24-4/h9-10,12H,5-8,11H2,1-4H3,(H,19,22). The van der Waals surface area contributed by atoms with Crippen LogP contribution in [0.1, 0.15) is 13.8 Å². The molecule has 1 saturated heterocycles. The summed E-state index contributed by atoms with van der Waals surface area (Å²) in [6.45, 7) is 8.70. The van der Waals surface area contributed by atoms with Crippen molar-refractivity contribution in [1.29, 1.82) is 0 Å². The van der Waals surface area contributed by atoms with E-state index in [-0.39, 0.29) is 6.03 Å². The number of anilines is 1. The summed E-state index contributed by atoms with van der Waals surface area (Å²) in [4.78, 5) is 16.7. The van der Waals surface area contributed by atoms with E-state index in [0.717, 1.165) is 19.6 Å². The van der Waals surface area contributed by atoms with Crippen LogP contribution in [0.4, 0.5) is 10.5 Å². The van der Waals surface area contributed by atoms with Gasteiger partial charge in [-0.25, -0.2) is 4.79 Å². The van der Waals surface area contributed by atoms with Gasteiger partial charge in [-0.1, -0.05) is 25.4 Å². The highest BCUT2D eigenvalue weighted by atomic mass is 35.5. The molecule has 6 nitrogen and oxygen atoms in total. The number of hydrogen-bond acceptors (Lipinski definition) is 4. The third-order valence-electron chi connectivity index (χ3n) is 4.00. The van der Waals surface area contributed by atoms with Crippen molar-refractivity contribution in [2.75, 3.05) is 52.3 Å². The van der Waals surface area contributed by atoms with Gasteiger partial charge in [-0.3, -0.25) is 4.90 Å². The van der Waals surface area contributed by atoms with Gasteiger partial charge in [0, 0.05) is 38.8 Å². The normalized spacial score (nSPS) is 15.5. The van der Waals surface area contributed by atoms with Gasteiger partial charge in [0.1, 0.15) is 11.5 Å². The second kappa shape index (κ2) is 8.44. The lowest BCUT2D eigenvalue weighted by atomic mass is 10.2. The molecule has 1 heterocycles. The van der Waals surface area contributed by atoms with E-state index in [0.29, 0.717) is 41.2 Å². The lowest BCUT2D eigenvalue weighted by Gasteiger charge is -2.35. The predicted octanol–water partition coefficient (Wildman–Crippen LogP) is 3.16. The molecule has 0 aromatic heterocycles. The SMILES string of the molecule is COc1cc(OC)c(NC(=O)N2CCN(CC(C)C)CC2)cc1Cl. The average Bonchev–Trinajstić information content (AvgIpc) is 2.55. The van der Waals surface area contributed by atoms with E-state index in [2.05, 4.69) is 24.1 Å². The van der Waals surface area contributed by atoms with Crippen molar-refractivity contribution >= 4 is 23.3 Å². The number of nitrogens with one attached hydrogen (secondary N) is 1. The number of carbonyl (C=O) groups excluding carboxylic acids is 1. The third-order valence-corrected chi connectivity index (χ3v) is 4.29. The van der Waals surface area contributed by atoms with Crippen LogP contribution >= 0.6 is 11.6 Å². The number of amides is 2. The first kappa shape index (κ1) is 18.7. The fraction of sp³-hybridized carbons (Fsp3) is 0.588. The molecule has 0 bridgehead atoms. The van der Waals surface area contributed by atoms with Crippen molar-refractivity contribution in [2.45, 2.75) is 13.8 Å². The molecule has 0 unspecified atom stereocenters. The zero-order chi connectivity index (χ0) is 17.7. The van der Waals surface area contributed by atoms with E-state index in [9.17, 15) is 4.79 Å². The molecule has 0 spiro atoms. The van der Waals surface area contributed by atoms with E-state index in [1.54, 1.807) is 19.2 Å². The number of piperazine rings is 1. The average molecular weight is 356 g/mol. The van der Waals surface area contributed by atoms with Crippen LogP contribution in [-0.2, 0) is 0 Å². The Kier molecular flexibility index (Phi) is 6.57. The monoisotopic (exact) mass is 355 g/mol. The molecule has 0 saturated carbocycles. The molecule has 1 N–H and O–H groups in total. The van der Waals surface area contributed by atoms with Gasteiger partial charge in [-0.15, -0.1) is 0 Å². The summed E-state index contributed by atoms with van der Waals surface area (Å²) in [7, 11) is 3.08. The minimum atomic E-state index is -0.140. The van der Waals surface area contributed by atoms with Gasteiger partial charge in [0.15, 0.2) is 0 Å². The topological polar surface area (TPSA) is 54.0 Å². The van der Waals surface area contributed by atoms with Crippen LogP contribution in [0.2, 0.25) is 5.02 Å². The van der Waals surface area contributed by atoms with Gasteiger partial charge in [-0.2, -0.15) is 0 Å². The molecule has 0 atom stereocenters. The number of halogens is 1. The Balaban J connectivity index is 1.99. The Morgan fingerprint density at radius 1 is 1.17 bits per heavy atom. The largest absolute Gasteiger partial charge is 0.495 e. The molecule has 7 heteroatoms. The van der Waals surface area contributed by atoms with Gasteiger partial charge in [0.2, 0.25) is 0 Å². The first-order valence-electron chi connectivity index (χ1n) is 8.14. The van der Waals surface area contributed by atoms with Gasteiger partial charge in [0.25, 0.3) is 0 Å². The van der Waals surface area contributed by atoms with Crippen molar-refractivity contribution in [3.05, 3.63) is 17.2 Å². The van der Waals surface area contributed by atoms with E-state index >= 15 is 0 Å². The van der Waals surface area contributed by atoms with Gasteiger partial charge >= 0.3 is 6.03 Å². The molecule has 1 aromatic carbocycles. The summed E-state index contributed by atoms with van der Waals surface area (Å²) in [6.07, 6.45) is 0. The van der Waals surface area contributed by atoms with Crippen LogP contribution in [0.5, 0.6) is 11.5 Å².